The van der Waals surface area contributed by atoms with E-state index in [9.17, 15) is 0 Å². The van der Waals surface area contributed by atoms with Crippen LogP contribution >= 0.6 is 0 Å². The minimum Gasteiger partial charge on any atom is -0.375 e. The van der Waals surface area contributed by atoms with E-state index in [0.717, 1.165) is 19.4 Å². The molecule has 0 aromatic rings. The molecule has 1 N–H and O–H groups in total. The molecule has 0 aliphatic carbocycles. The predicted octanol–water partition coefficient (Wildman–Crippen LogP) is 3.89. The Morgan fingerprint density at radius 3 is 2.47 bits per heavy atom. The van der Waals surface area contributed by atoms with Gasteiger partial charge in [0, 0.05) is 18.7 Å². The zero-order valence-electron chi connectivity index (χ0n) is 12.2. The quantitative estimate of drug-likeness (QED) is 0.730. The van der Waals surface area contributed by atoms with Gasteiger partial charge in [-0.3, -0.25) is 0 Å². The second-order valence-corrected chi connectivity index (χ2v) is 5.49. The van der Waals surface area contributed by atoms with Crippen molar-refractivity contribution in [2.24, 2.45) is 0 Å². The van der Waals surface area contributed by atoms with Crippen molar-refractivity contribution in [2.75, 3.05) is 6.61 Å². The van der Waals surface area contributed by atoms with Gasteiger partial charge in [0.2, 0.25) is 0 Å². The van der Waals surface area contributed by atoms with Gasteiger partial charge in [-0.15, -0.1) is 0 Å². The van der Waals surface area contributed by atoms with Crippen molar-refractivity contribution in [3.63, 3.8) is 0 Å². The molecule has 1 heterocycles. The number of hydrogen-bond donors (Lipinski definition) is 1. The highest BCUT2D eigenvalue weighted by Crippen LogP contribution is 2.31. The monoisotopic (exact) mass is 241 g/mol. The van der Waals surface area contributed by atoms with Gasteiger partial charge >= 0.3 is 0 Å². The molecule has 1 aliphatic rings. The van der Waals surface area contributed by atoms with Crippen LogP contribution in [0.3, 0.4) is 0 Å². The third-order valence-corrected chi connectivity index (χ3v) is 4.38. The summed E-state index contributed by atoms with van der Waals surface area (Å²) in [6.45, 7) is 10.0. The van der Waals surface area contributed by atoms with Crippen molar-refractivity contribution in [3.8, 4) is 0 Å². The number of rotatable bonds is 7. The van der Waals surface area contributed by atoms with Gasteiger partial charge in [0.05, 0.1) is 5.60 Å². The molecular formula is C15H31NO. The van der Waals surface area contributed by atoms with Crippen LogP contribution in [0.1, 0.15) is 72.6 Å². The molecule has 2 heteroatoms. The van der Waals surface area contributed by atoms with Gasteiger partial charge in [-0.2, -0.15) is 0 Å². The summed E-state index contributed by atoms with van der Waals surface area (Å²) in [5.41, 5.74) is 0.153. The first kappa shape index (κ1) is 15.0. The largest absolute Gasteiger partial charge is 0.375 e. The SMILES string of the molecule is CCCC(CC)NC1CCOC(CC)(CC)C1. The lowest BCUT2D eigenvalue weighted by molar-refractivity contribution is -0.0942. The van der Waals surface area contributed by atoms with Crippen molar-refractivity contribution in [3.05, 3.63) is 0 Å². The minimum atomic E-state index is 0.153. The van der Waals surface area contributed by atoms with E-state index in [2.05, 4.69) is 33.0 Å². The van der Waals surface area contributed by atoms with E-state index in [1.165, 1.54) is 32.1 Å². The Morgan fingerprint density at radius 1 is 1.24 bits per heavy atom. The van der Waals surface area contributed by atoms with Crippen molar-refractivity contribution in [1.82, 2.24) is 5.32 Å². The average molecular weight is 241 g/mol. The smallest absolute Gasteiger partial charge is 0.0692 e. The van der Waals surface area contributed by atoms with E-state index in [1.54, 1.807) is 0 Å². The minimum absolute atomic E-state index is 0.153. The summed E-state index contributed by atoms with van der Waals surface area (Å²) in [5, 5.41) is 3.85. The second-order valence-electron chi connectivity index (χ2n) is 5.49. The lowest BCUT2D eigenvalue weighted by atomic mass is 9.85. The molecule has 0 radical (unpaired) electrons. The molecule has 0 spiro atoms. The lowest BCUT2D eigenvalue weighted by Gasteiger charge is -2.41. The highest BCUT2D eigenvalue weighted by Gasteiger charge is 2.34. The molecule has 0 aromatic heterocycles. The van der Waals surface area contributed by atoms with Gasteiger partial charge in [-0.1, -0.05) is 34.1 Å². The fraction of sp³-hybridized carbons (Fsp3) is 1.00. The van der Waals surface area contributed by atoms with Crippen molar-refractivity contribution < 1.29 is 4.74 Å². The zero-order valence-corrected chi connectivity index (χ0v) is 12.2. The van der Waals surface area contributed by atoms with Crippen molar-refractivity contribution >= 4 is 0 Å². The van der Waals surface area contributed by atoms with E-state index in [4.69, 9.17) is 4.74 Å². The van der Waals surface area contributed by atoms with Gasteiger partial charge in [0.25, 0.3) is 0 Å². The fourth-order valence-corrected chi connectivity index (χ4v) is 3.00. The predicted molar refractivity (Wildman–Crippen MR) is 74.4 cm³/mol. The van der Waals surface area contributed by atoms with Crippen LogP contribution in [0.2, 0.25) is 0 Å². The normalized spacial score (nSPS) is 25.8. The number of hydrogen-bond acceptors (Lipinski definition) is 2. The first-order valence-electron chi connectivity index (χ1n) is 7.59. The van der Waals surface area contributed by atoms with Gasteiger partial charge in [0.15, 0.2) is 0 Å². The Bertz CT molecular complexity index is 201. The summed E-state index contributed by atoms with van der Waals surface area (Å²) in [6.07, 6.45) is 8.50. The zero-order chi connectivity index (χ0) is 12.7. The Morgan fingerprint density at radius 2 is 1.94 bits per heavy atom. The molecule has 17 heavy (non-hydrogen) atoms. The second kappa shape index (κ2) is 7.38. The molecule has 1 rings (SSSR count). The molecule has 0 amide bonds. The van der Waals surface area contributed by atoms with Crippen LogP contribution in [-0.4, -0.2) is 24.3 Å². The molecule has 102 valence electrons. The van der Waals surface area contributed by atoms with Crippen molar-refractivity contribution in [1.29, 1.82) is 0 Å². The molecule has 0 aromatic carbocycles. The summed E-state index contributed by atoms with van der Waals surface area (Å²) in [6, 6.07) is 1.37. The highest BCUT2D eigenvalue weighted by atomic mass is 16.5. The average Bonchev–Trinajstić information content (AvgIpc) is 2.38. The maximum Gasteiger partial charge on any atom is 0.0692 e. The fourth-order valence-electron chi connectivity index (χ4n) is 3.00. The van der Waals surface area contributed by atoms with Crippen LogP contribution in [0.5, 0.6) is 0 Å². The summed E-state index contributed by atoms with van der Waals surface area (Å²) in [4.78, 5) is 0. The van der Waals surface area contributed by atoms with E-state index in [1.807, 2.05) is 0 Å². The van der Waals surface area contributed by atoms with Gasteiger partial charge < -0.3 is 10.1 Å². The Balaban J connectivity index is 2.48. The maximum atomic E-state index is 6.03. The highest BCUT2D eigenvalue weighted by molar-refractivity contribution is 4.89. The molecule has 2 atom stereocenters. The summed E-state index contributed by atoms with van der Waals surface area (Å²) < 4.78 is 6.03. The number of nitrogens with one attached hydrogen (secondary N) is 1. The molecule has 1 saturated heterocycles. The number of ether oxygens (including phenoxy) is 1. The molecule has 1 aliphatic heterocycles. The summed E-state index contributed by atoms with van der Waals surface area (Å²) in [7, 11) is 0. The maximum absolute atomic E-state index is 6.03. The van der Waals surface area contributed by atoms with Crippen LogP contribution in [0.4, 0.5) is 0 Å². The standard InChI is InChI=1S/C15H31NO/c1-5-9-13(6-2)16-14-10-11-17-15(7-3,8-4)12-14/h13-14,16H,5-12H2,1-4H3. The summed E-state index contributed by atoms with van der Waals surface area (Å²) in [5.74, 6) is 0. The lowest BCUT2D eigenvalue weighted by Crippen LogP contribution is -2.49. The molecular weight excluding hydrogens is 210 g/mol. The third kappa shape index (κ3) is 4.26. The Hall–Kier alpha value is -0.0800. The van der Waals surface area contributed by atoms with Gasteiger partial charge in [0.1, 0.15) is 0 Å². The molecule has 0 saturated carbocycles. The van der Waals surface area contributed by atoms with Crippen LogP contribution in [0.15, 0.2) is 0 Å². The Labute approximate surface area is 108 Å². The van der Waals surface area contributed by atoms with E-state index >= 15 is 0 Å². The van der Waals surface area contributed by atoms with Crippen molar-refractivity contribution in [2.45, 2.75) is 90.3 Å². The van der Waals surface area contributed by atoms with E-state index in [0.29, 0.717) is 12.1 Å². The molecule has 2 nitrogen and oxygen atoms in total. The first-order valence-corrected chi connectivity index (χ1v) is 7.59. The first-order chi connectivity index (χ1) is 8.19. The van der Waals surface area contributed by atoms with Crippen LogP contribution in [-0.2, 0) is 4.74 Å². The molecule has 0 bridgehead atoms. The van der Waals surface area contributed by atoms with Crippen LogP contribution < -0.4 is 5.32 Å². The topological polar surface area (TPSA) is 21.3 Å². The Kier molecular flexibility index (Phi) is 6.50. The van der Waals surface area contributed by atoms with Gasteiger partial charge in [-0.05, 0) is 38.5 Å². The molecule has 1 fully saturated rings. The van der Waals surface area contributed by atoms with Crippen LogP contribution in [0.25, 0.3) is 0 Å². The van der Waals surface area contributed by atoms with Crippen LogP contribution in [0, 0.1) is 0 Å². The van der Waals surface area contributed by atoms with E-state index < -0.39 is 0 Å². The van der Waals surface area contributed by atoms with Gasteiger partial charge in [-0.25, -0.2) is 0 Å². The molecule has 2 unspecified atom stereocenters. The summed E-state index contributed by atoms with van der Waals surface area (Å²) >= 11 is 0. The van der Waals surface area contributed by atoms with E-state index in [-0.39, 0.29) is 5.60 Å². The third-order valence-electron chi connectivity index (χ3n) is 4.38.